The van der Waals surface area contributed by atoms with Crippen molar-refractivity contribution in [1.82, 2.24) is 10.2 Å². The summed E-state index contributed by atoms with van der Waals surface area (Å²) in [5.41, 5.74) is 1.23. The Balaban J connectivity index is 1.73. The molecule has 3 unspecified atom stereocenters. The molecule has 1 aromatic heterocycles. The number of thiophene rings is 1. The molecule has 1 N–H and O–H groups in total. The highest BCUT2D eigenvalue weighted by Gasteiger charge is 2.38. The van der Waals surface area contributed by atoms with Crippen molar-refractivity contribution < 1.29 is 4.79 Å². The number of carbonyl (C=O) groups is 1. The maximum atomic E-state index is 12.3. The second-order valence-electron chi connectivity index (χ2n) is 5.33. The number of amides is 1. The van der Waals surface area contributed by atoms with E-state index in [1.807, 2.05) is 18.7 Å². The van der Waals surface area contributed by atoms with Crippen molar-refractivity contribution in [2.75, 3.05) is 12.3 Å². The summed E-state index contributed by atoms with van der Waals surface area (Å²) in [4.78, 5) is 14.4. The summed E-state index contributed by atoms with van der Waals surface area (Å²) in [6, 6.07) is 2.06. The Hall–Kier alpha value is -0.520. The monoisotopic (exact) mass is 296 g/mol. The van der Waals surface area contributed by atoms with Gasteiger partial charge in [-0.2, -0.15) is 23.1 Å². The fourth-order valence-corrected chi connectivity index (χ4v) is 4.83. The largest absolute Gasteiger partial charge is 0.320 e. The Morgan fingerprint density at radius 3 is 3.05 bits per heavy atom. The van der Waals surface area contributed by atoms with Gasteiger partial charge in [0.1, 0.15) is 6.17 Å². The van der Waals surface area contributed by atoms with E-state index in [0.29, 0.717) is 5.25 Å². The molecule has 0 aliphatic carbocycles. The lowest BCUT2D eigenvalue weighted by atomic mass is 10.1. The molecule has 104 valence electrons. The fraction of sp³-hybridized carbons (Fsp3) is 0.643. The van der Waals surface area contributed by atoms with Crippen LogP contribution in [0, 0.1) is 0 Å². The smallest absolute Gasteiger partial charge is 0.241 e. The summed E-state index contributed by atoms with van der Waals surface area (Å²) < 4.78 is 0. The molecule has 0 radical (unpaired) electrons. The molecular weight excluding hydrogens is 276 g/mol. The summed E-state index contributed by atoms with van der Waals surface area (Å²) in [5.74, 6) is 1.50. The van der Waals surface area contributed by atoms with E-state index in [9.17, 15) is 4.79 Å². The SMILES string of the molecule is CC1NC(c2ccsc2)N(CC2CCCCS2)C1=O. The van der Waals surface area contributed by atoms with Gasteiger partial charge in [-0.3, -0.25) is 10.1 Å². The van der Waals surface area contributed by atoms with Crippen LogP contribution in [0.15, 0.2) is 16.8 Å². The molecule has 3 atom stereocenters. The van der Waals surface area contributed by atoms with E-state index >= 15 is 0 Å². The molecule has 3 nitrogen and oxygen atoms in total. The quantitative estimate of drug-likeness (QED) is 0.931. The normalized spacial score (nSPS) is 31.9. The summed E-state index contributed by atoms with van der Waals surface area (Å²) in [7, 11) is 0. The van der Waals surface area contributed by atoms with Gasteiger partial charge in [0.15, 0.2) is 0 Å². The Bertz CT molecular complexity index is 429. The lowest BCUT2D eigenvalue weighted by Crippen LogP contribution is -2.36. The Morgan fingerprint density at radius 1 is 1.47 bits per heavy atom. The van der Waals surface area contributed by atoms with Crippen molar-refractivity contribution in [2.24, 2.45) is 0 Å². The minimum absolute atomic E-state index is 0.0570. The molecule has 2 fully saturated rings. The molecule has 3 rings (SSSR count). The van der Waals surface area contributed by atoms with Gasteiger partial charge in [0.05, 0.1) is 6.04 Å². The second kappa shape index (κ2) is 5.85. The molecule has 0 spiro atoms. The first-order chi connectivity index (χ1) is 9.25. The van der Waals surface area contributed by atoms with Gasteiger partial charge < -0.3 is 4.90 Å². The third-order valence-electron chi connectivity index (χ3n) is 3.91. The number of hydrogen-bond acceptors (Lipinski definition) is 4. The first kappa shape index (κ1) is 13.5. The molecule has 0 saturated carbocycles. The number of rotatable bonds is 3. The third-order valence-corrected chi connectivity index (χ3v) is 5.99. The minimum atomic E-state index is -0.0570. The van der Waals surface area contributed by atoms with Crippen molar-refractivity contribution in [3.05, 3.63) is 22.4 Å². The molecule has 1 amide bonds. The van der Waals surface area contributed by atoms with Crippen LogP contribution >= 0.6 is 23.1 Å². The van der Waals surface area contributed by atoms with Crippen molar-refractivity contribution in [3.8, 4) is 0 Å². The molecule has 1 aromatic rings. The van der Waals surface area contributed by atoms with Gasteiger partial charge in [-0.25, -0.2) is 0 Å². The molecule has 5 heteroatoms. The lowest BCUT2D eigenvalue weighted by Gasteiger charge is -2.30. The van der Waals surface area contributed by atoms with Gasteiger partial charge in [0.2, 0.25) is 5.91 Å². The Kier molecular flexibility index (Phi) is 4.15. The fourth-order valence-electron chi connectivity index (χ4n) is 2.85. The summed E-state index contributed by atoms with van der Waals surface area (Å²) in [6.07, 6.45) is 3.97. The molecular formula is C14H20N2OS2. The highest BCUT2D eigenvalue weighted by Crippen LogP contribution is 2.31. The topological polar surface area (TPSA) is 32.3 Å². The van der Waals surface area contributed by atoms with Gasteiger partial charge in [0, 0.05) is 11.8 Å². The first-order valence-corrected chi connectivity index (χ1v) is 8.95. The minimum Gasteiger partial charge on any atom is -0.320 e. The van der Waals surface area contributed by atoms with Crippen LogP contribution in [0.1, 0.15) is 37.9 Å². The zero-order valence-corrected chi connectivity index (χ0v) is 12.8. The van der Waals surface area contributed by atoms with Gasteiger partial charge >= 0.3 is 0 Å². The number of hydrogen-bond donors (Lipinski definition) is 1. The zero-order valence-electron chi connectivity index (χ0n) is 11.2. The summed E-state index contributed by atoms with van der Waals surface area (Å²) in [6.45, 7) is 2.86. The van der Waals surface area contributed by atoms with Crippen LogP contribution in [0.3, 0.4) is 0 Å². The van der Waals surface area contributed by atoms with E-state index in [1.165, 1.54) is 30.6 Å². The highest BCUT2D eigenvalue weighted by atomic mass is 32.2. The van der Waals surface area contributed by atoms with Crippen LogP contribution in [0.25, 0.3) is 0 Å². The standard InChI is InChI=1S/C14H20N2OS2/c1-10-14(17)16(8-12-4-2-3-6-19-12)13(15-10)11-5-7-18-9-11/h5,7,9-10,12-13,15H,2-4,6,8H2,1H3. The molecule has 0 bridgehead atoms. The Labute approximate surface area is 122 Å². The van der Waals surface area contributed by atoms with Crippen molar-refractivity contribution in [1.29, 1.82) is 0 Å². The van der Waals surface area contributed by atoms with E-state index in [4.69, 9.17) is 0 Å². The number of nitrogens with zero attached hydrogens (tertiary/aromatic N) is 1. The molecule has 3 heterocycles. The van der Waals surface area contributed by atoms with Gasteiger partial charge in [0.25, 0.3) is 0 Å². The van der Waals surface area contributed by atoms with Crippen LogP contribution in [0.4, 0.5) is 0 Å². The first-order valence-electron chi connectivity index (χ1n) is 6.96. The van der Waals surface area contributed by atoms with E-state index in [-0.39, 0.29) is 18.1 Å². The molecule has 19 heavy (non-hydrogen) atoms. The van der Waals surface area contributed by atoms with Crippen molar-refractivity contribution in [2.45, 2.75) is 43.6 Å². The van der Waals surface area contributed by atoms with Crippen LogP contribution in [-0.2, 0) is 4.79 Å². The third kappa shape index (κ3) is 2.83. The highest BCUT2D eigenvalue weighted by molar-refractivity contribution is 7.99. The number of nitrogens with one attached hydrogen (secondary N) is 1. The van der Waals surface area contributed by atoms with Crippen LogP contribution in [0.5, 0.6) is 0 Å². The van der Waals surface area contributed by atoms with Crippen molar-refractivity contribution >= 4 is 29.0 Å². The summed E-state index contributed by atoms with van der Waals surface area (Å²) in [5, 5.41) is 8.26. The van der Waals surface area contributed by atoms with Crippen LogP contribution in [0.2, 0.25) is 0 Å². The van der Waals surface area contributed by atoms with Gasteiger partial charge in [-0.1, -0.05) is 6.42 Å². The summed E-state index contributed by atoms with van der Waals surface area (Å²) >= 11 is 3.73. The average molecular weight is 296 g/mol. The van der Waals surface area contributed by atoms with Crippen LogP contribution < -0.4 is 5.32 Å². The van der Waals surface area contributed by atoms with Crippen LogP contribution in [-0.4, -0.2) is 34.4 Å². The molecule has 2 aliphatic heterocycles. The van der Waals surface area contributed by atoms with E-state index in [1.54, 1.807) is 11.3 Å². The molecule has 0 aromatic carbocycles. The predicted octanol–water partition coefficient (Wildman–Crippen LogP) is 2.85. The maximum Gasteiger partial charge on any atom is 0.241 e. The zero-order chi connectivity index (χ0) is 13.2. The lowest BCUT2D eigenvalue weighted by molar-refractivity contribution is -0.129. The number of thioether (sulfide) groups is 1. The average Bonchev–Trinajstić information content (AvgIpc) is 3.04. The van der Waals surface area contributed by atoms with E-state index in [2.05, 4.69) is 27.0 Å². The Morgan fingerprint density at radius 2 is 2.37 bits per heavy atom. The van der Waals surface area contributed by atoms with Gasteiger partial charge in [-0.05, 0) is 47.9 Å². The number of carbonyl (C=O) groups excluding carboxylic acids is 1. The van der Waals surface area contributed by atoms with Gasteiger partial charge in [-0.15, -0.1) is 0 Å². The van der Waals surface area contributed by atoms with Crippen molar-refractivity contribution in [3.63, 3.8) is 0 Å². The maximum absolute atomic E-state index is 12.3. The molecule has 2 saturated heterocycles. The predicted molar refractivity (Wildman–Crippen MR) is 81.5 cm³/mol. The second-order valence-corrected chi connectivity index (χ2v) is 7.52. The van der Waals surface area contributed by atoms with E-state index < -0.39 is 0 Å². The molecule has 2 aliphatic rings. The van der Waals surface area contributed by atoms with E-state index in [0.717, 1.165) is 6.54 Å².